The van der Waals surface area contributed by atoms with Crippen LogP contribution in [0.25, 0.3) is 11.0 Å². The number of carbonyl (C=O) groups excluding carboxylic acids is 1. The van der Waals surface area contributed by atoms with Gasteiger partial charge in [0.2, 0.25) is 0 Å². The molecule has 1 aromatic carbocycles. The van der Waals surface area contributed by atoms with E-state index in [1.54, 1.807) is 10.9 Å². The number of furan rings is 1. The van der Waals surface area contributed by atoms with E-state index in [1.807, 2.05) is 51.2 Å². The first-order valence-corrected chi connectivity index (χ1v) is 6.84. The normalized spacial score (nSPS) is 12.5. The minimum Gasteiger partial charge on any atom is -0.459 e. The molecule has 0 aliphatic rings. The Balaban J connectivity index is 1.81. The van der Waals surface area contributed by atoms with Gasteiger partial charge < -0.3 is 9.73 Å². The van der Waals surface area contributed by atoms with E-state index >= 15 is 0 Å². The monoisotopic (exact) mass is 283 g/mol. The van der Waals surface area contributed by atoms with Crippen LogP contribution in [-0.4, -0.2) is 15.7 Å². The average molecular weight is 283 g/mol. The van der Waals surface area contributed by atoms with Crippen LogP contribution in [0.2, 0.25) is 0 Å². The molecule has 0 aliphatic heterocycles. The molecule has 5 heteroatoms. The van der Waals surface area contributed by atoms with Crippen molar-refractivity contribution >= 4 is 16.9 Å². The van der Waals surface area contributed by atoms with Gasteiger partial charge in [0.25, 0.3) is 5.91 Å². The van der Waals surface area contributed by atoms with Crippen LogP contribution in [0, 0.1) is 6.92 Å². The summed E-state index contributed by atoms with van der Waals surface area (Å²) in [5, 5.41) is 8.06. The Kier molecular flexibility index (Phi) is 3.25. The van der Waals surface area contributed by atoms with Crippen molar-refractivity contribution in [2.24, 2.45) is 7.05 Å². The molecule has 2 aromatic heterocycles. The molecule has 2 heterocycles. The standard InChI is InChI=1S/C16H17N3O2/c1-10(15-8-12-6-4-5-7-14(12)21-15)18-16(20)13-9-17-19(3)11(13)2/h4-10H,1-3H3,(H,18,20). The molecule has 1 atom stereocenters. The fraction of sp³-hybridized carbons (Fsp3) is 0.250. The molecule has 3 rings (SSSR count). The zero-order valence-corrected chi connectivity index (χ0v) is 12.3. The van der Waals surface area contributed by atoms with Crippen LogP contribution in [0.4, 0.5) is 0 Å². The fourth-order valence-electron chi connectivity index (χ4n) is 2.28. The fourth-order valence-corrected chi connectivity index (χ4v) is 2.28. The molecule has 0 fully saturated rings. The topological polar surface area (TPSA) is 60.1 Å². The zero-order chi connectivity index (χ0) is 15.0. The number of amides is 1. The number of aromatic nitrogens is 2. The molecule has 1 unspecified atom stereocenters. The predicted molar refractivity (Wildman–Crippen MR) is 80.0 cm³/mol. The second-order valence-corrected chi connectivity index (χ2v) is 5.15. The van der Waals surface area contributed by atoms with E-state index in [0.717, 1.165) is 22.4 Å². The van der Waals surface area contributed by atoms with Crippen molar-refractivity contribution in [3.63, 3.8) is 0 Å². The van der Waals surface area contributed by atoms with Crippen LogP contribution in [0.3, 0.4) is 0 Å². The lowest BCUT2D eigenvalue weighted by Crippen LogP contribution is -2.26. The summed E-state index contributed by atoms with van der Waals surface area (Å²) in [6.07, 6.45) is 1.58. The van der Waals surface area contributed by atoms with E-state index < -0.39 is 0 Å². The largest absolute Gasteiger partial charge is 0.459 e. The van der Waals surface area contributed by atoms with Gasteiger partial charge in [0.1, 0.15) is 11.3 Å². The van der Waals surface area contributed by atoms with Gasteiger partial charge in [0.05, 0.1) is 17.8 Å². The van der Waals surface area contributed by atoms with Crippen molar-refractivity contribution in [1.29, 1.82) is 0 Å². The summed E-state index contributed by atoms with van der Waals surface area (Å²) in [6, 6.07) is 9.54. The number of hydrogen-bond donors (Lipinski definition) is 1. The summed E-state index contributed by atoms with van der Waals surface area (Å²) in [5.74, 6) is 0.597. The Labute approximate surface area is 122 Å². The zero-order valence-electron chi connectivity index (χ0n) is 12.3. The summed E-state index contributed by atoms with van der Waals surface area (Å²) < 4.78 is 7.45. The van der Waals surface area contributed by atoms with Gasteiger partial charge in [0.15, 0.2) is 0 Å². The van der Waals surface area contributed by atoms with Crippen LogP contribution >= 0.6 is 0 Å². The van der Waals surface area contributed by atoms with E-state index in [-0.39, 0.29) is 11.9 Å². The minimum absolute atomic E-state index is 0.145. The molecule has 0 saturated carbocycles. The molecule has 21 heavy (non-hydrogen) atoms. The van der Waals surface area contributed by atoms with E-state index in [9.17, 15) is 4.79 Å². The Bertz CT molecular complexity index is 768. The molecule has 108 valence electrons. The van der Waals surface area contributed by atoms with Crippen molar-refractivity contribution in [1.82, 2.24) is 15.1 Å². The average Bonchev–Trinajstić information content (AvgIpc) is 3.03. The molecule has 3 aromatic rings. The molecular weight excluding hydrogens is 266 g/mol. The Morgan fingerprint density at radius 2 is 2.14 bits per heavy atom. The number of hydrogen-bond acceptors (Lipinski definition) is 3. The highest BCUT2D eigenvalue weighted by Gasteiger charge is 2.18. The molecule has 0 radical (unpaired) electrons. The smallest absolute Gasteiger partial charge is 0.255 e. The first kappa shape index (κ1) is 13.4. The number of aryl methyl sites for hydroxylation is 1. The molecule has 0 bridgehead atoms. The Hall–Kier alpha value is -2.56. The van der Waals surface area contributed by atoms with Crippen molar-refractivity contribution in [3.05, 3.63) is 53.5 Å². The summed E-state index contributed by atoms with van der Waals surface area (Å²) >= 11 is 0. The predicted octanol–water partition coefficient (Wildman–Crippen LogP) is 2.97. The van der Waals surface area contributed by atoms with E-state index in [4.69, 9.17) is 4.42 Å². The summed E-state index contributed by atoms with van der Waals surface area (Å²) in [4.78, 5) is 12.3. The molecule has 1 N–H and O–H groups in total. The summed E-state index contributed by atoms with van der Waals surface area (Å²) in [7, 11) is 1.81. The lowest BCUT2D eigenvalue weighted by molar-refractivity contribution is 0.0935. The van der Waals surface area contributed by atoms with Crippen LogP contribution in [-0.2, 0) is 7.05 Å². The minimum atomic E-state index is -0.204. The van der Waals surface area contributed by atoms with E-state index in [1.165, 1.54) is 0 Å². The number of carbonyl (C=O) groups is 1. The maximum absolute atomic E-state index is 12.3. The maximum Gasteiger partial charge on any atom is 0.255 e. The highest BCUT2D eigenvalue weighted by molar-refractivity contribution is 5.95. The molecule has 0 spiro atoms. The van der Waals surface area contributed by atoms with Gasteiger partial charge in [-0.1, -0.05) is 18.2 Å². The third-order valence-electron chi connectivity index (χ3n) is 3.70. The van der Waals surface area contributed by atoms with Gasteiger partial charge in [-0.15, -0.1) is 0 Å². The Morgan fingerprint density at radius 1 is 1.38 bits per heavy atom. The van der Waals surface area contributed by atoms with Gasteiger partial charge in [-0.3, -0.25) is 9.48 Å². The molecule has 5 nitrogen and oxygen atoms in total. The van der Waals surface area contributed by atoms with Crippen LogP contribution in [0.15, 0.2) is 40.9 Å². The number of nitrogens with zero attached hydrogens (tertiary/aromatic N) is 2. The lowest BCUT2D eigenvalue weighted by atomic mass is 10.2. The molecule has 0 saturated heterocycles. The van der Waals surface area contributed by atoms with Gasteiger partial charge in [-0.05, 0) is 26.0 Å². The molecule has 1 amide bonds. The first-order chi connectivity index (χ1) is 10.1. The second-order valence-electron chi connectivity index (χ2n) is 5.15. The Morgan fingerprint density at radius 3 is 2.81 bits per heavy atom. The first-order valence-electron chi connectivity index (χ1n) is 6.84. The van der Waals surface area contributed by atoms with Gasteiger partial charge in [-0.2, -0.15) is 5.10 Å². The van der Waals surface area contributed by atoms with Gasteiger partial charge in [-0.25, -0.2) is 0 Å². The van der Waals surface area contributed by atoms with Crippen molar-refractivity contribution in [3.8, 4) is 0 Å². The highest BCUT2D eigenvalue weighted by Crippen LogP contribution is 2.23. The summed E-state index contributed by atoms with van der Waals surface area (Å²) in [6.45, 7) is 3.77. The highest BCUT2D eigenvalue weighted by atomic mass is 16.3. The second kappa shape index (κ2) is 5.09. The van der Waals surface area contributed by atoms with Crippen LogP contribution in [0.5, 0.6) is 0 Å². The number of nitrogens with one attached hydrogen (secondary N) is 1. The quantitative estimate of drug-likeness (QED) is 0.804. The van der Waals surface area contributed by atoms with Gasteiger partial charge in [0, 0.05) is 18.1 Å². The third kappa shape index (κ3) is 2.42. The van der Waals surface area contributed by atoms with E-state index in [0.29, 0.717) is 5.56 Å². The van der Waals surface area contributed by atoms with Crippen molar-refractivity contribution < 1.29 is 9.21 Å². The number of fused-ring (bicyclic) bond motifs is 1. The molecular formula is C16H17N3O2. The number of rotatable bonds is 3. The number of benzene rings is 1. The van der Waals surface area contributed by atoms with Gasteiger partial charge >= 0.3 is 0 Å². The molecule has 0 aliphatic carbocycles. The SMILES string of the molecule is Cc1c(C(=O)NC(C)c2cc3ccccc3o2)cnn1C. The van der Waals surface area contributed by atoms with Crippen LogP contribution in [0.1, 0.15) is 34.8 Å². The van der Waals surface area contributed by atoms with Crippen molar-refractivity contribution in [2.75, 3.05) is 0 Å². The summed E-state index contributed by atoms with van der Waals surface area (Å²) in [5.41, 5.74) is 2.25. The van der Waals surface area contributed by atoms with Crippen LogP contribution < -0.4 is 5.32 Å². The number of para-hydroxylation sites is 1. The van der Waals surface area contributed by atoms with E-state index in [2.05, 4.69) is 10.4 Å². The van der Waals surface area contributed by atoms with Crippen molar-refractivity contribution in [2.45, 2.75) is 19.9 Å². The maximum atomic E-state index is 12.3. The lowest BCUT2D eigenvalue weighted by Gasteiger charge is -2.11. The third-order valence-corrected chi connectivity index (χ3v) is 3.70.